The molecule has 2 aromatic rings. The van der Waals surface area contributed by atoms with Gasteiger partial charge in [0.25, 0.3) is 0 Å². The van der Waals surface area contributed by atoms with Crippen molar-refractivity contribution in [1.29, 1.82) is 0 Å². The van der Waals surface area contributed by atoms with Crippen molar-refractivity contribution < 1.29 is 13.6 Å². The predicted molar refractivity (Wildman–Crippen MR) is 66.0 cm³/mol. The fourth-order valence-electron chi connectivity index (χ4n) is 1.63. The summed E-state index contributed by atoms with van der Waals surface area (Å²) in [4.78, 5) is 12.1. The summed E-state index contributed by atoms with van der Waals surface area (Å²) in [6.07, 6.45) is 0. The highest BCUT2D eigenvalue weighted by Gasteiger charge is 2.14. The Bertz CT molecular complexity index is 623. The third-order valence-electron chi connectivity index (χ3n) is 2.63. The minimum absolute atomic E-state index is 0.130. The molecule has 1 nitrogen and oxygen atoms in total. The van der Waals surface area contributed by atoms with Crippen molar-refractivity contribution in [3.63, 3.8) is 0 Å². The Labute approximate surface area is 108 Å². The van der Waals surface area contributed by atoms with Gasteiger partial charge in [-0.2, -0.15) is 0 Å². The molecule has 0 heterocycles. The van der Waals surface area contributed by atoms with Gasteiger partial charge in [-0.1, -0.05) is 17.7 Å². The van der Waals surface area contributed by atoms with Crippen molar-refractivity contribution >= 4 is 17.4 Å². The van der Waals surface area contributed by atoms with Crippen LogP contribution in [0.5, 0.6) is 0 Å². The average Bonchev–Trinajstić information content (AvgIpc) is 2.35. The van der Waals surface area contributed by atoms with E-state index in [0.717, 1.165) is 12.1 Å². The third-order valence-corrected chi connectivity index (χ3v) is 2.92. The summed E-state index contributed by atoms with van der Waals surface area (Å²) >= 11 is 5.62. The maximum absolute atomic E-state index is 13.1. The van der Waals surface area contributed by atoms with E-state index >= 15 is 0 Å². The Balaban J connectivity index is 2.47. The van der Waals surface area contributed by atoms with E-state index < -0.39 is 11.6 Å². The average molecular weight is 267 g/mol. The summed E-state index contributed by atoms with van der Waals surface area (Å²) in [5, 5.41) is -0.130. The van der Waals surface area contributed by atoms with Crippen molar-refractivity contribution in [3.8, 4) is 0 Å². The fourth-order valence-corrected chi connectivity index (χ4v) is 1.81. The number of carbonyl (C=O) groups is 1. The maximum Gasteiger partial charge on any atom is 0.193 e. The summed E-state index contributed by atoms with van der Waals surface area (Å²) in [7, 11) is 0. The molecule has 18 heavy (non-hydrogen) atoms. The van der Waals surface area contributed by atoms with Crippen LogP contribution in [0.2, 0.25) is 5.02 Å². The van der Waals surface area contributed by atoms with Gasteiger partial charge in [-0.3, -0.25) is 4.79 Å². The van der Waals surface area contributed by atoms with Gasteiger partial charge in [0.05, 0.1) is 5.02 Å². The molecule has 0 atom stereocenters. The lowest BCUT2D eigenvalue weighted by Crippen LogP contribution is -2.04. The first kappa shape index (κ1) is 12.7. The Morgan fingerprint density at radius 3 is 2.50 bits per heavy atom. The van der Waals surface area contributed by atoms with Crippen molar-refractivity contribution in [2.45, 2.75) is 6.92 Å². The summed E-state index contributed by atoms with van der Waals surface area (Å²) in [5.41, 5.74) is 1.13. The molecule has 4 heteroatoms. The first-order chi connectivity index (χ1) is 8.49. The molecule has 92 valence electrons. The summed E-state index contributed by atoms with van der Waals surface area (Å²) in [5.74, 6) is -1.46. The molecule has 0 saturated heterocycles. The van der Waals surface area contributed by atoms with E-state index in [2.05, 4.69) is 0 Å². The van der Waals surface area contributed by atoms with Gasteiger partial charge >= 0.3 is 0 Å². The molecule has 0 saturated carbocycles. The zero-order valence-electron chi connectivity index (χ0n) is 9.51. The number of carbonyl (C=O) groups excluding carboxylic acids is 1. The minimum atomic E-state index is -0.593. The number of ketones is 1. The topological polar surface area (TPSA) is 17.1 Å². The zero-order chi connectivity index (χ0) is 13.3. The van der Waals surface area contributed by atoms with E-state index in [-0.39, 0.29) is 21.9 Å². The molecular weight excluding hydrogens is 258 g/mol. The van der Waals surface area contributed by atoms with Crippen LogP contribution in [0.1, 0.15) is 21.5 Å². The maximum atomic E-state index is 13.1. The largest absolute Gasteiger partial charge is 0.289 e. The van der Waals surface area contributed by atoms with E-state index in [1.165, 1.54) is 24.3 Å². The number of halogens is 3. The van der Waals surface area contributed by atoms with Gasteiger partial charge in [0.15, 0.2) is 5.78 Å². The Hall–Kier alpha value is -1.74. The molecule has 0 amide bonds. The van der Waals surface area contributed by atoms with Crippen molar-refractivity contribution in [2.24, 2.45) is 0 Å². The first-order valence-electron chi connectivity index (χ1n) is 5.25. The van der Waals surface area contributed by atoms with Crippen LogP contribution in [0, 0.1) is 18.6 Å². The molecule has 0 bridgehead atoms. The molecular formula is C14H9ClF2O. The number of aryl methyl sites for hydroxylation is 1. The second-order valence-electron chi connectivity index (χ2n) is 3.92. The standard InChI is InChI=1S/C14H9ClF2O/c1-8-2-4-10(16)7-11(8)14(18)9-3-5-13(17)12(15)6-9/h2-7H,1H3. The number of hydrogen-bond donors (Lipinski definition) is 0. The first-order valence-corrected chi connectivity index (χ1v) is 5.63. The van der Waals surface area contributed by atoms with Crippen LogP contribution in [-0.2, 0) is 0 Å². The third kappa shape index (κ3) is 2.41. The highest BCUT2D eigenvalue weighted by molar-refractivity contribution is 6.31. The van der Waals surface area contributed by atoms with Crippen LogP contribution in [-0.4, -0.2) is 5.78 Å². The van der Waals surface area contributed by atoms with Gasteiger partial charge in [-0.05, 0) is 42.8 Å². The summed E-state index contributed by atoms with van der Waals surface area (Å²) in [6, 6.07) is 7.65. The fraction of sp³-hybridized carbons (Fsp3) is 0.0714. The lowest BCUT2D eigenvalue weighted by atomic mass is 9.99. The van der Waals surface area contributed by atoms with E-state index in [0.29, 0.717) is 5.56 Å². The zero-order valence-corrected chi connectivity index (χ0v) is 10.3. The quantitative estimate of drug-likeness (QED) is 0.746. The molecule has 0 radical (unpaired) electrons. The smallest absolute Gasteiger partial charge is 0.193 e. The molecule has 2 rings (SSSR count). The van der Waals surface area contributed by atoms with Gasteiger partial charge < -0.3 is 0 Å². The van der Waals surface area contributed by atoms with E-state index in [1.807, 2.05) is 0 Å². The molecule has 0 aliphatic heterocycles. The normalized spacial score (nSPS) is 10.4. The van der Waals surface area contributed by atoms with Crippen LogP contribution >= 0.6 is 11.6 Å². The van der Waals surface area contributed by atoms with Crippen molar-refractivity contribution in [2.75, 3.05) is 0 Å². The predicted octanol–water partition coefficient (Wildman–Crippen LogP) is 4.16. The molecule has 0 unspecified atom stereocenters. The van der Waals surface area contributed by atoms with Gasteiger partial charge in [0.1, 0.15) is 11.6 Å². The summed E-state index contributed by atoms with van der Waals surface area (Å²) < 4.78 is 26.1. The van der Waals surface area contributed by atoms with Gasteiger partial charge in [0.2, 0.25) is 0 Å². The van der Waals surface area contributed by atoms with Crippen LogP contribution < -0.4 is 0 Å². The number of benzene rings is 2. The summed E-state index contributed by atoms with van der Waals surface area (Å²) in [6.45, 7) is 1.71. The van der Waals surface area contributed by atoms with Crippen LogP contribution in [0.3, 0.4) is 0 Å². The molecule has 2 aromatic carbocycles. The van der Waals surface area contributed by atoms with E-state index in [1.54, 1.807) is 6.92 Å². The minimum Gasteiger partial charge on any atom is -0.289 e. The molecule has 0 aromatic heterocycles. The highest BCUT2D eigenvalue weighted by Crippen LogP contribution is 2.20. The highest BCUT2D eigenvalue weighted by atomic mass is 35.5. The number of hydrogen-bond acceptors (Lipinski definition) is 1. The Morgan fingerprint density at radius 1 is 1.11 bits per heavy atom. The molecule has 0 aliphatic rings. The van der Waals surface area contributed by atoms with Crippen LogP contribution in [0.4, 0.5) is 8.78 Å². The molecule has 0 aliphatic carbocycles. The Kier molecular flexibility index (Phi) is 3.43. The van der Waals surface area contributed by atoms with Crippen molar-refractivity contribution in [1.82, 2.24) is 0 Å². The van der Waals surface area contributed by atoms with Crippen LogP contribution in [0.15, 0.2) is 36.4 Å². The van der Waals surface area contributed by atoms with E-state index in [4.69, 9.17) is 11.6 Å². The lowest BCUT2D eigenvalue weighted by Gasteiger charge is -2.06. The monoisotopic (exact) mass is 266 g/mol. The second-order valence-corrected chi connectivity index (χ2v) is 4.32. The van der Waals surface area contributed by atoms with E-state index in [9.17, 15) is 13.6 Å². The van der Waals surface area contributed by atoms with Gasteiger partial charge in [-0.25, -0.2) is 8.78 Å². The van der Waals surface area contributed by atoms with Crippen LogP contribution in [0.25, 0.3) is 0 Å². The molecule has 0 N–H and O–H groups in total. The second kappa shape index (κ2) is 4.86. The SMILES string of the molecule is Cc1ccc(F)cc1C(=O)c1ccc(F)c(Cl)c1. The lowest BCUT2D eigenvalue weighted by molar-refractivity contribution is 0.103. The molecule has 0 fully saturated rings. The number of rotatable bonds is 2. The van der Waals surface area contributed by atoms with Crippen molar-refractivity contribution in [3.05, 3.63) is 69.7 Å². The van der Waals surface area contributed by atoms with Gasteiger partial charge in [0, 0.05) is 11.1 Å². The Morgan fingerprint density at radius 2 is 1.83 bits per heavy atom. The molecule has 0 spiro atoms. The van der Waals surface area contributed by atoms with Gasteiger partial charge in [-0.15, -0.1) is 0 Å².